The maximum atomic E-state index is 11.4. The number of hydrogen-bond acceptors (Lipinski definition) is 4. The van der Waals surface area contributed by atoms with Crippen LogP contribution in [0.1, 0.15) is 12.5 Å². The van der Waals surface area contributed by atoms with Crippen LogP contribution in [0.2, 0.25) is 0 Å². The van der Waals surface area contributed by atoms with Crippen molar-refractivity contribution in [2.75, 3.05) is 41.4 Å². The predicted octanol–water partition coefficient (Wildman–Crippen LogP) is 2.86. The molecule has 0 bridgehead atoms. The molecule has 0 saturated carbocycles. The van der Waals surface area contributed by atoms with E-state index >= 15 is 0 Å². The summed E-state index contributed by atoms with van der Waals surface area (Å²) in [7, 11) is 0. The zero-order valence-corrected chi connectivity index (χ0v) is 13.8. The number of ether oxygens (including phenoxy) is 1. The molecule has 0 aliphatic carbocycles. The highest BCUT2D eigenvalue weighted by Crippen LogP contribution is 2.43. The van der Waals surface area contributed by atoms with E-state index < -0.39 is 0 Å². The van der Waals surface area contributed by atoms with E-state index in [1.54, 1.807) is 6.92 Å². The third-order valence-electron chi connectivity index (χ3n) is 4.58. The van der Waals surface area contributed by atoms with Crippen molar-refractivity contribution in [2.24, 2.45) is 0 Å². The SMILES string of the molecule is CC(=O)Nc1ccccc1CN1CCN2CCOc3cccc1c32. The van der Waals surface area contributed by atoms with Gasteiger partial charge in [-0.3, -0.25) is 4.79 Å². The zero-order valence-electron chi connectivity index (χ0n) is 13.8. The molecule has 2 heterocycles. The van der Waals surface area contributed by atoms with E-state index in [9.17, 15) is 4.79 Å². The van der Waals surface area contributed by atoms with Gasteiger partial charge in [-0.1, -0.05) is 24.3 Å². The lowest BCUT2D eigenvalue weighted by Gasteiger charge is -2.42. The number of nitrogens with zero attached hydrogens (tertiary/aromatic N) is 2. The molecule has 0 spiro atoms. The number of para-hydroxylation sites is 2. The topological polar surface area (TPSA) is 44.8 Å². The molecule has 24 heavy (non-hydrogen) atoms. The lowest BCUT2D eigenvalue weighted by molar-refractivity contribution is -0.114. The molecule has 0 fully saturated rings. The molecule has 1 N–H and O–H groups in total. The third kappa shape index (κ3) is 2.66. The summed E-state index contributed by atoms with van der Waals surface area (Å²) >= 11 is 0. The molecular formula is C19H21N3O2. The van der Waals surface area contributed by atoms with Crippen LogP contribution >= 0.6 is 0 Å². The van der Waals surface area contributed by atoms with E-state index in [0.717, 1.165) is 49.8 Å². The summed E-state index contributed by atoms with van der Waals surface area (Å²) in [6.07, 6.45) is 0. The molecule has 0 saturated heterocycles. The van der Waals surface area contributed by atoms with Gasteiger partial charge in [-0.2, -0.15) is 0 Å². The Kier molecular flexibility index (Phi) is 3.76. The number of nitrogens with one attached hydrogen (secondary N) is 1. The average Bonchev–Trinajstić information content (AvgIpc) is 2.59. The largest absolute Gasteiger partial charge is 0.489 e. The van der Waals surface area contributed by atoms with Crippen LogP contribution < -0.4 is 19.9 Å². The van der Waals surface area contributed by atoms with Crippen LogP contribution in [0.4, 0.5) is 17.1 Å². The summed E-state index contributed by atoms with van der Waals surface area (Å²) < 4.78 is 5.82. The van der Waals surface area contributed by atoms with Crippen LogP contribution in [0.15, 0.2) is 42.5 Å². The fraction of sp³-hybridized carbons (Fsp3) is 0.316. The highest BCUT2D eigenvalue weighted by Gasteiger charge is 2.28. The van der Waals surface area contributed by atoms with Crippen molar-refractivity contribution in [1.29, 1.82) is 0 Å². The molecule has 4 rings (SSSR count). The van der Waals surface area contributed by atoms with E-state index in [2.05, 4.69) is 33.3 Å². The molecule has 124 valence electrons. The molecule has 2 aromatic rings. The summed E-state index contributed by atoms with van der Waals surface area (Å²) in [6, 6.07) is 14.2. The Labute approximate surface area is 141 Å². The number of amides is 1. The minimum Gasteiger partial charge on any atom is -0.489 e. The van der Waals surface area contributed by atoms with Crippen molar-refractivity contribution in [3.05, 3.63) is 48.0 Å². The van der Waals surface area contributed by atoms with Gasteiger partial charge in [-0.05, 0) is 23.8 Å². The van der Waals surface area contributed by atoms with Gasteiger partial charge in [0, 0.05) is 32.2 Å². The highest BCUT2D eigenvalue weighted by molar-refractivity contribution is 5.89. The van der Waals surface area contributed by atoms with Crippen molar-refractivity contribution < 1.29 is 9.53 Å². The van der Waals surface area contributed by atoms with Crippen LogP contribution in [0.25, 0.3) is 0 Å². The van der Waals surface area contributed by atoms with Crippen LogP contribution in [-0.2, 0) is 11.3 Å². The third-order valence-corrected chi connectivity index (χ3v) is 4.58. The number of carbonyl (C=O) groups is 1. The van der Waals surface area contributed by atoms with E-state index in [0.29, 0.717) is 0 Å². The standard InChI is InChI=1S/C19H21N3O2/c1-14(23)20-16-6-3-2-5-15(16)13-22-10-9-21-11-12-24-18-8-4-7-17(22)19(18)21/h2-8H,9-13H2,1H3,(H,20,23). The minimum atomic E-state index is -0.0437. The second kappa shape index (κ2) is 6.07. The molecule has 0 aromatic heterocycles. The first-order chi connectivity index (χ1) is 11.7. The van der Waals surface area contributed by atoms with Crippen molar-refractivity contribution in [2.45, 2.75) is 13.5 Å². The van der Waals surface area contributed by atoms with E-state index in [4.69, 9.17) is 4.74 Å². The lowest BCUT2D eigenvalue weighted by Crippen LogP contribution is -2.44. The first-order valence-electron chi connectivity index (χ1n) is 8.33. The zero-order chi connectivity index (χ0) is 16.5. The molecule has 5 heteroatoms. The molecule has 5 nitrogen and oxygen atoms in total. The fourth-order valence-corrected chi connectivity index (χ4v) is 3.50. The predicted molar refractivity (Wildman–Crippen MR) is 95.9 cm³/mol. The van der Waals surface area contributed by atoms with Crippen LogP contribution in [0, 0.1) is 0 Å². The summed E-state index contributed by atoms with van der Waals surface area (Å²) in [6.45, 7) is 5.96. The van der Waals surface area contributed by atoms with Gasteiger partial charge in [0.25, 0.3) is 0 Å². The molecule has 2 aliphatic heterocycles. The minimum absolute atomic E-state index is 0.0437. The van der Waals surface area contributed by atoms with Gasteiger partial charge in [0.1, 0.15) is 18.0 Å². The number of rotatable bonds is 3. The Morgan fingerprint density at radius 3 is 2.88 bits per heavy atom. The van der Waals surface area contributed by atoms with Crippen molar-refractivity contribution in [3.8, 4) is 5.75 Å². The maximum Gasteiger partial charge on any atom is 0.221 e. The first-order valence-corrected chi connectivity index (χ1v) is 8.33. The van der Waals surface area contributed by atoms with Gasteiger partial charge >= 0.3 is 0 Å². The Bertz CT molecular complexity index is 775. The fourth-order valence-electron chi connectivity index (χ4n) is 3.50. The molecule has 2 aliphatic rings. The van der Waals surface area contributed by atoms with Crippen molar-refractivity contribution >= 4 is 23.0 Å². The second-order valence-electron chi connectivity index (χ2n) is 6.22. The number of hydrogen-bond donors (Lipinski definition) is 1. The summed E-state index contributed by atoms with van der Waals surface area (Å²) in [4.78, 5) is 16.2. The molecule has 1 amide bonds. The molecule has 0 unspecified atom stereocenters. The van der Waals surface area contributed by atoms with Crippen LogP contribution in [0.5, 0.6) is 5.75 Å². The first kappa shape index (κ1) is 14.9. The van der Waals surface area contributed by atoms with Crippen molar-refractivity contribution in [1.82, 2.24) is 0 Å². The highest BCUT2D eigenvalue weighted by atomic mass is 16.5. The van der Waals surface area contributed by atoms with E-state index in [-0.39, 0.29) is 5.91 Å². The van der Waals surface area contributed by atoms with Gasteiger partial charge in [-0.15, -0.1) is 0 Å². The van der Waals surface area contributed by atoms with Gasteiger partial charge in [-0.25, -0.2) is 0 Å². The monoisotopic (exact) mass is 323 g/mol. The molecule has 0 radical (unpaired) electrons. The molecule has 2 aromatic carbocycles. The average molecular weight is 323 g/mol. The summed E-state index contributed by atoms with van der Waals surface area (Å²) in [5.41, 5.74) is 4.41. The van der Waals surface area contributed by atoms with Crippen LogP contribution in [-0.4, -0.2) is 32.1 Å². The number of benzene rings is 2. The van der Waals surface area contributed by atoms with E-state index in [1.807, 2.05) is 24.3 Å². The smallest absolute Gasteiger partial charge is 0.221 e. The number of carbonyl (C=O) groups excluding carboxylic acids is 1. The molecule has 0 atom stereocenters. The Morgan fingerprint density at radius 2 is 2.00 bits per heavy atom. The van der Waals surface area contributed by atoms with Gasteiger partial charge in [0.2, 0.25) is 5.91 Å². The summed E-state index contributed by atoms with van der Waals surface area (Å²) in [5.74, 6) is 0.927. The van der Waals surface area contributed by atoms with Gasteiger partial charge in [0.15, 0.2) is 0 Å². The van der Waals surface area contributed by atoms with E-state index in [1.165, 1.54) is 11.4 Å². The van der Waals surface area contributed by atoms with Gasteiger partial charge in [0.05, 0.1) is 12.2 Å². The Hall–Kier alpha value is -2.69. The Balaban J connectivity index is 1.66. The van der Waals surface area contributed by atoms with Crippen LogP contribution in [0.3, 0.4) is 0 Å². The lowest BCUT2D eigenvalue weighted by atomic mass is 10.1. The quantitative estimate of drug-likeness (QED) is 0.943. The number of anilines is 3. The summed E-state index contributed by atoms with van der Waals surface area (Å²) in [5, 5.41) is 2.93. The second-order valence-corrected chi connectivity index (χ2v) is 6.22. The maximum absolute atomic E-state index is 11.4. The molecular weight excluding hydrogens is 302 g/mol. The van der Waals surface area contributed by atoms with Crippen molar-refractivity contribution in [3.63, 3.8) is 0 Å². The van der Waals surface area contributed by atoms with Gasteiger partial charge < -0.3 is 19.9 Å². The normalized spacial score (nSPS) is 15.5. The Morgan fingerprint density at radius 1 is 1.12 bits per heavy atom.